The molecule has 2 rings (SSSR count). The number of hydrogen-bond acceptors (Lipinski definition) is 6. The first-order valence-corrected chi connectivity index (χ1v) is 7.73. The summed E-state index contributed by atoms with van der Waals surface area (Å²) in [7, 11) is 6.14. The molecule has 1 aromatic heterocycles. The summed E-state index contributed by atoms with van der Waals surface area (Å²) < 4.78 is 26.1. The van der Waals surface area contributed by atoms with Crippen LogP contribution in [0.2, 0.25) is 0 Å². The van der Waals surface area contributed by atoms with Crippen molar-refractivity contribution in [3.8, 4) is 17.2 Å². The largest absolute Gasteiger partial charge is 0.493 e. The van der Waals surface area contributed by atoms with Crippen molar-refractivity contribution in [2.75, 3.05) is 41.6 Å². The third-order valence-electron chi connectivity index (χ3n) is 3.72. The van der Waals surface area contributed by atoms with E-state index in [1.165, 1.54) is 21.3 Å². The number of methoxy groups -OCH3 is 4. The van der Waals surface area contributed by atoms with Gasteiger partial charge >= 0.3 is 0 Å². The summed E-state index contributed by atoms with van der Waals surface area (Å²) in [5, 5.41) is 0. The lowest BCUT2D eigenvalue weighted by molar-refractivity contribution is 0.0679. The second-order valence-corrected chi connectivity index (χ2v) is 5.27. The van der Waals surface area contributed by atoms with Crippen LogP contribution in [0.4, 0.5) is 0 Å². The van der Waals surface area contributed by atoms with E-state index in [-0.39, 0.29) is 5.91 Å². The van der Waals surface area contributed by atoms with E-state index in [1.54, 1.807) is 36.7 Å². The third-order valence-corrected chi connectivity index (χ3v) is 3.72. The molecule has 0 spiro atoms. The van der Waals surface area contributed by atoms with E-state index in [0.717, 1.165) is 5.56 Å². The van der Waals surface area contributed by atoms with Crippen LogP contribution in [0.15, 0.2) is 35.1 Å². The minimum absolute atomic E-state index is 0.169. The molecule has 0 unspecified atom stereocenters. The summed E-state index contributed by atoms with van der Waals surface area (Å²) in [4.78, 5) is 14.7. The molecule has 7 heteroatoms. The molecule has 0 fully saturated rings. The molecule has 0 radical (unpaired) electrons. The molecule has 1 amide bonds. The SMILES string of the molecule is COCCN(Cc1ccoc1)C(=O)c1cc(OC)c(OC)c(OC)c1. The van der Waals surface area contributed by atoms with Crippen molar-refractivity contribution in [2.45, 2.75) is 6.54 Å². The molecule has 0 saturated heterocycles. The van der Waals surface area contributed by atoms with Gasteiger partial charge in [-0.1, -0.05) is 0 Å². The molecular weight excluding hydrogens is 326 g/mol. The molecule has 0 bridgehead atoms. The van der Waals surface area contributed by atoms with Gasteiger partial charge in [0.25, 0.3) is 5.91 Å². The van der Waals surface area contributed by atoms with Crippen LogP contribution in [0.5, 0.6) is 17.2 Å². The van der Waals surface area contributed by atoms with Gasteiger partial charge in [0.15, 0.2) is 11.5 Å². The molecule has 0 saturated carbocycles. The van der Waals surface area contributed by atoms with E-state index in [4.69, 9.17) is 23.4 Å². The van der Waals surface area contributed by atoms with Gasteiger partial charge in [-0.15, -0.1) is 0 Å². The highest BCUT2D eigenvalue weighted by Crippen LogP contribution is 2.38. The Bertz CT molecular complexity index is 658. The molecular formula is C18H23NO6. The van der Waals surface area contributed by atoms with Crippen molar-refractivity contribution < 1.29 is 28.2 Å². The maximum absolute atomic E-state index is 13.0. The van der Waals surface area contributed by atoms with Gasteiger partial charge in [-0.25, -0.2) is 0 Å². The zero-order valence-electron chi connectivity index (χ0n) is 14.9. The summed E-state index contributed by atoms with van der Waals surface area (Å²) in [6.45, 7) is 1.28. The van der Waals surface area contributed by atoms with Gasteiger partial charge in [-0.2, -0.15) is 0 Å². The Labute approximate surface area is 147 Å². The molecule has 0 aliphatic heterocycles. The Hall–Kier alpha value is -2.67. The summed E-state index contributed by atoms with van der Waals surface area (Å²) in [5.74, 6) is 1.14. The van der Waals surface area contributed by atoms with Gasteiger partial charge < -0.3 is 28.3 Å². The van der Waals surface area contributed by atoms with Gasteiger partial charge in [-0.05, 0) is 18.2 Å². The Kier molecular flexibility index (Phi) is 6.71. The summed E-state index contributed by atoms with van der Waals surface area (Å²) in [6.07, 6.45) is 3.19. The Morgan fingerprint density at radius 2 is 1.76 bits per heavy atom. The van der Waals surface area contributed by atoms with Crippen molar-refractivity contribution in [1.82, 2.24) is 4.90 Å². The van der Waals surface area contributed by atoms with E-state index in [9.17, 15) is 4.79 Å². The Balaban J connectivity index is 2.33. The standard InChI is InChI=1S/C18H23NO6/c1-21-8-6-19(11-13-5-7-25-12-13)18(20)14-9-15(22-2)17(24-4)16(10-14)23-3/h5,7,9-10,12H,6,8,11H2,1-4H3. The zero-order chi connectivity index (χ0) is 18.2. The molecule has 1 heterocycles. The van der Waals surface area contributed by atoms with Crippen LogP contribution in [0.1, 0.15) is 15.9 Å². The molecule has 7 nitrogen and oxygen atoms in total. The van der Waals surface area contributed by atoms with E-state index in [1.807, 2.05) is 6.07 Å². The third kappa shape index (κ3) is 4.45. The van der Waals surface area contributed by atoms with Gasteiger partial charge in [0.2, 0.25) is 5.75 Å². The van der Waals surface area contributed by atoms with Gasteiger partial charge in [0.05, 0.1) is 40.5 Å². The van der Waals surface area contributed by atoms with Crippen LogP contribution < -0.4 is 14.2 Å². The number of furan rings is 1. The number of carbonyl (C=O) groups is 1. The average Bonchev–Trinajstić information content (AvgIpc) is 3.16. The second-order valence-electron chi connectivity index (χ2n) is 5.27. The van der Waals surface area contributed by atoms with E-state index < -0.39 is 0 Å². The monoisotopic (exact) mass is 349 g/mol. The quantitative estimate of drug-likeness (QED) is 0.693. The average molecular weight is 349 g/mol. The molecule has 0 N–H and O–H groups in total. The van der Waals surface area contributed by atoms with Crippen molar-refractivity contribution in [2.24, 2.45) is 0 Å². The highest BCUT2D eigenvalue weighted by Gasteiger charge is 2.21. The van der Waals surface area contributed by atoms with Gasteiger partial charge in [0.1, 0.15) is 0 Å². The molecule has 2 aromatic rings. The van der Waals surface area contributed by atoms with E-state index >= 15 is 0 Å². The lowest BCUT2D eigenvalue weighted by atomic mass is 10.1. The van der Waals surface area contributed by atoms with Crippen LogP contribution in [0.25, 0.3) is 0 Å². The lowest BCUT2D eigenvalue weighted by Gasteiger charge is -2.23. The molecule has 0 atom stereocenters. The molecule has 0 aliphatic carbocycles. The Morgan fingerprint density at radius 3 is 2.24 bits per heavy atom. The first-order chi connectivity index (χ1) is 12.1. The van der Waals surface area contributed by atoms with Crippen LogP contribution in [-0.2, 0) is 11.3 Å². The maximum Gasteiger partial charge on any atom is 0.254 e. The number of ether oxygens (including phenoxy) is 4. The number of carbonyl (C=O) groups excluding carboxylic acids is 1. The highest BCUT2D eigenvalue weighted by atomic mass is 16.5. The first-order valence-electron chi connectivity index (χ1n) is 7.73. The number of rotatable bonds is 9. The fraction of sp³-hybridized carbons (Fsp3) is 0.389. The lowest BCUT2D eigenvalue weighted by Crippen LogP contribution is -2.33. The molecule has 25 heavy (non-hydrogen) atoms. The highest BCUT2D eigenvalue weighted by molar-refractivity contribution is 5.95. The number of benzene rings is 1. The smallest absolute Gasteiger partial charge is 0.254 e. The van der Waals surface area contributed by atoms with E-state index in [2.05, 4.69) is 0 Å². The summed E-state index contributed by atoms with van der Waals surface area (Å²) in [5.41, 5.74) is 1.34. The van der Waals surface area contributed by atoms with Gasteiger partial charge in [0, 0.05) is 31.3 Å². The van der Waals surface area contributed by atoms with Crippen molar-refractivity contribution in [3.05, 3.63) is 41.9 Å². The van der Waals surface area contributed by atoms with Crippen molar-refractivity contribution in [1.29, 1.82) is 0 Å². The molecule has 136 valence electrons. The van der Waals surface area contributed by atoms with Crippen LogP contribution in [0.3, 0.4) is 0 Å². The summed E-state index contributed by atoms with van der Waals surface area (Å²) >= 11 is 0. The number of amides is 1. The first kappa shape index (κ1) is 18.7. The predicted molar refractivity (Wildman–Crippen MR) is 91.4 cm³/mol. The topological polar surface area (TPSA) is 70.4 Å². The van der Waals surface area contributed by atoms with Crippen molar-refractivity contribution in [3.63, 3.8) is 0 Å². The van der Waals surface area contributed by atoms with E-state index in [0.29, 0.717) is 42.5 Å². The second kappa shape index (κ2) is 8.98. The number of hydrogen-bond donors (Lipinski definition) is 0. The number of nitrogens with zero attached hydrogens (tertiary/aromatic N) is 1. The van der Waals surface area contributed by atoms with Crippen molar-refractivity contribution >= 4 is 5.91 Å². The minimum atomic E-state index is -0.169. The Morgan fingerprint density at radius 1 is 1.08 bits per heavy atom. The fourth-order valence-corrected chi connectivity index (χ4v) is 2.44. The zero-order valence-corrected chi connectivity index (χ0v) is 14.9. The predicted octanol–water partition coefficient (Wildman–Crippen LogP) is 2.59. The molecule has 1 aromatic carbocycles. The van der Waals surface area contributed by atoms with Crippen LogP contribution in [-0.4, -0.2) is 52.4 Å². The van der Waals surface area contributed by atoms with Crippen LogP contribution >= 0.6 is 0 Å². The van der Waals surface area contributed by atoms with Gasteiger partial charge in [-0.3, -0.25) is 4.79 Å². The molecule has 0 aliphatic rings. The fourth-order valence-electron chi connectivity index (χ4n) is 2.44. The minimum Gasteiger partial charge on any atom is -0.493 e. The summed E-state index contributed by atoms with van der Waals surface area (Å²) in [6, 6.07) is 5.10. The maximum atomic E-state index is 13.0. The normalized spacial score (nSPS) is 10.4. The van der Waals surface area contributed by atoms with Crippen LogP contribution in [0, 0.1) is 0 Å².